The van der Waals surface area contributed by atoms with Crippen LogP contribution < -0.4 is 5.32 Å². The van der Waals surface area contributed by atoms with Crippen molar-refractivity contribution in [3.05, 3.63) is 12.2 Å². The number of aromatic nitrogens is 3. The predicted octanol–water partition coefficient (Wildman–Crippen LogP) is 2.23. The molecule has 0 aliphatic heterocycles. The summed E-state index contributed by atoms with van der Waals surface area (Å²) in [4.78, 5) is 4.29. The zero-order valence-electron chi connectivity index (χ0n) is 12.6. The largest absolute Gasteiger partial charge is 0.381 e. The molecule has 0 radical (unpaired) electrons. The molecule has 0 spiro atoms. The molecule has 0 aliphatic carbocycles. The van der Waals surface area contributed by atoms with Gasteiger partial charge in [0.2, 0.25) is 0 Å². The third-order valence-electron chi connectivity index (χ3n) is 2.80. The molecule has 0 saturated carbocycles. The molecule has 5 heteroatoms. The van der Waals surface area contributed by atoms with Crippen molar-refractivity contribution >= 4 is 0 Å². The lowest BCUT2D eigenvalue weighted by atomic mass is 10.2. The van der Waals surface area contributed by atoms with Gasteiger partial charge in [-0.1, -0.05) is 27.2 Å². The lowest BCUT2D eigenvalue weighted by Crippen LogP contribution is -2.20. The molecule has 1 N–H and O–H groups in total. The molecule has 0 saturated heterocycles. The number of nitrogens with zero attached hydrogens (tertiary/aromatic N) is 3. The average molecular weight is 268 g/mol. The van der Waals surface area contributed by atoms with Crippen molar-refractivity contribution in [3.63, 3.8) is 0 Å². The summed E-state index contributed by atoms with van der Waals surface area (Å²) in [6.07, 6.45) is 5.03. The summed E-state index contributed by atoms with van der Waals surface area (Å²) in [6.45, 7) is 10.9. The standard InChI is InChI=1S/C14H28N4O/c1-4-5-8-19-9-6-7-15-10-14-16-12-17-18(14)11-13(2)3/h12-13,15H,4-11H2,1-3H3. The van der Waals surface area contributed by atoms with Gasteiger partial charge in [-0.25, -0.2) is 9.67 Å². The molecule has 1 rings (SSSR count). The number of hydrogen-bond donors (Lipinski definition) is 1. The van der Waals surface area contributed by atoms with E-state index in [-0.39, 0.29) is 0 Å². The first-order valence-electron chi connectivity index (χ1n) is 7.39. The zero-order valence-corrected chi connectivity index (χ0v) is 12.6. The molecule has 0 fully saturated rings. The maximum absolute atomic E-state index is 5.51. The van der Waals surface area contributed by atoms with E-state index in [0.29, 0.717) is 5.92 Å². The molecule has 0 unspecified atom stereocenters. The molecule has 110 valence electrons. The van der Waals surface area contributed by atoms with E-state index in [2.05, 4.69) is 36.2 Å². The van der Waals surface area contributed by atoms with Crippen molar-refractivity contribution in [1.29, 1.82) is 0 Å². The Morgan fingerprint density at radius 1 is 1.32 bits per heavy atom. The molecule has 19 heavy (non-hydrogen) atoms. The fraction of sp³-hybridized carbons (Fsp3) is 0.857. The highest BCUT2D eigenvalue weighted by Crippen LogP contribution is 2.00. The van der Waals surface area contributed by atoms with E-state index in [4.69, 9.17) is 4.74 Å². The van der Waals surface area contributed by atoms with Gasteiger partial charge < -0.3 is 10.1 Å². The Kier molecular flexibility index (Phi) is 8.41. The number of rotatable bonds is 11. The Bertz CT molecular complexity index is 325. The van der Waals surface area contributed by atoms with E-state index in [9.17, 15) is 0 Å². The molecular weight excluding hydrogens is 240 g/mol. The summed E-state index contributed by atoms with van der Waals surface area (Å²) < 4.78 is 7.50. The highest BCUT2D eigenvalue weighted by atomic mass is 16.5. The third kappa shape index (κ3) is 7.28. The van der Waals surface area contributed by atoms with Gasteiger partial charge in [0.1, 0.15) is 12.2 Å². The van der Waals surface area contributed by atoms with Crippen LogP contribution in [0.4, 0.5) is 0 Å². The van der Waals surface area contributed by atoms with Gasteiger partial charge in [-0.3, -0.25) is 0 Å². The Morgan fingerprint density at radius 3 is 2.84 bits per heavy atom. The summed E-state index contributed by atoms with van der Waals surface area (Å²) in [5, 5.41) is 7.64. The van der Waals surface area contributed by atoms with Crippen molar-refractivity contribution < 1.29 is 4.74 Å². The molecule has 0 atom stereocenters. The summed E-state index contributed by atoms with van der Waals surface area (Å²) in [6, 6.07) is 0. The van der Waals surface area contributed by atoms with Gasteiger partial charge in [-0.2, -0.15) is 5.10 Å². The molecule has 0 amide bonds. The van der Waals surface area contributed by atoms with Gasteiger partial charge in [0.15, 0.2) is 0 Å². The lowest BCUT2D eigenvalue weighted by Gasteiger charge is -2.09. The number of hydrogen-bond acceptors (Lipinski definition) is 4. The Morgan fingerprint density at radius 2 is 2.11 bits per heavy atom. The molecular formula is C14H28N4O. The minimum atomic E-state index is 0.590. The van der Waals surface area contributed by atoms with Crippen molar-refractivity contribution in [2.75, 3.05) is 19.8 Å². The van der Waals surface area contributed by atoms with Crippen molar-refractivity contribution in [1.82, 2.24) is 20.1 Å². The fourth-order valence-electron chi connectivity index (χ4n) is 1.77. The smallest absolute Gasteiger partial charge is 0.140 e. The molecule has 5 nitrogen and oxygen atoms in total. The molecule has 0 bridgehead atoms. The van der Waals surface area contributed by atoms with Gasteiger partial charge in [0.25, 0.3) is 0 Å². The monoisotopic (exact) mass is 268 g/mol. The van der Waals surface area contributed by atoms with Gasteiger partial charge in [0.05, 0.1) is 6.54 Å². The van der Waals surface area contributed by atoms with Crippen LogP contribution >= 0.6 is 0 Å². The van der Waals surface area contributed by atoms with E-state index in [1.54, 1.807) is 6.33 Å². The Hall–Kier alpha value is -0.940. The van der Waals surface area contributed by atoms with E-state index in [0.717, 1.165) is 51.5 Å². The first-order chi connectivity index (χ1) is 9.24. The molecule has 1 aromatic rings. The van der Waals surface area contributed by atoms with Crippen LogP contribution in [0.2, 0.25) is 0 Å². The second-order valence-electron chi connectivity index (χ2n) is 5.25. The summed E-state index contributed by atoms with van der Waals surface area (Å²) in [5.74, 6) is 1.60. The van der Waals surface area contributed by atoms with Crippen LogP contribution in [0.1, 0.15) is 45.9 Å². The lowest BCUT2D eigenvalue weighted by molar-refractivity contribution is 0.128. The Labute approximate surface area is 116 Å². The number of ether oxygens (including phenoxy) is 1. The van der Waals surface area contributed by atoms with E-state index >= 15 is 0 Å². The van der Waals surface area contributed by atoms with E-state index < -0.39 is 0 Å². The minimum absolute atomic E-state index is 0.590. The summed E-state index contributed by atoms with van der Waals surface area (Å²) >= 11 is 0. The first kappa shape index (κ1) is 16.1. The van der Waals surface area contributed by atoms with Crippen molar-refractivity contribution in [2.45, 2.75) is 53.1 Å². The van der Waals surface area contributed by atoms with Crippen LogP contribution in [-0.2, 0) is 17.8 Å². The third-order valence-corrected chi connectivity index (χ3v) is 2.80. The zero-order chi connectivity index (χ0) is 13.9. The maximum atomic E-state index is 5.51. The summed E-state index contributed by atoms with van der Waals surface area (Å²) in [5.41, 5.74) is 0. The maximum Gasteiger partial charge on any atom is 0.140 e. The molecule has 0 aliphatic rings. The normalized spacial score (nSPS) is 11.4. The highest BCUT2D eigenvalue weighted by Gasteiger charge is 2.05. The van der Waals surface area contributed by atoms with Gasteiger partial charge in [-0.15, -0.1) is 0 Å². The van der Waals surface area contributed by atoms with E-state index in [1.165, 1.54) is 6.42 Å². The molecule has 0 aromatic carbocycles. The molecule has 1 aromatic heterocycles. The van der Waals surface area contributed by atoms with Crippen LogP contribution in [0.25, 0.3) is 0 Å². The Balaban J connectivity index is 2.07. The summed E-state index contributed by atoms with van der Waals surface area (Å²) in [7, 11) is 0. The first-order valence-corrected chi connectivity index (χ1v) is 7.39. The number of unbranched alkanes of at least 4 members (excludes halogenated alkanes) is 1. The van der Waals surface area contributed by atoms with Crippen LogP contribution in [-0.4, -0.2) is 34.5 Å². The van der Waals surface area contributed by atoms with Crippen LogP contribution in [0.5, 0.6) is 0 Å². The second kappa shape index (κ2) is 9.92. The topological polar surface area (TPSA) is 52.0 Å². The quantitative estimate of drug-likeness (QED) is 0.625. The average Bonchev–Trinajstić information content (AvgIpc) is 2.79. The fourth-order valence-corrected chi connectivity index (χ4v) is 1.77. The van der Waals surface area contributed by atoms with Gasteiger partial charge >= 0.3 is 0 Å². The number of nitrogens with one attached hydrogen (secondary N) is 1. The molecule has 1 heterocycles. The van der Waals surface area contributed by atoms with E-state index in [1.807, 2.05) is 4.68 Å². The van der Waals surface area contributed by atoms with Crippen molar-refractivity contribution in [3.8, 4) is 0 Å². The van der Waals surface area contributed by atoms with Gasteiger partial charge in [-0.05, 0) is 25.3 Å². The van der Waals surface area contributed by atoms with Gasteiger partial charge in [0, 0.05) is 19.8 Å². The highest BCUT2D eigenvalue weighted by molar-refractivity contribution is 4.83. The van der Waals surface area contributed by atoms with Crippen LogP contribution in [0.3, 0.4) is 0 Å². The minimum Gasteiger partial charge on any atom is -0.381 e. The van der Waals surface area contributed by atoms with Crippen molar-refractivity contribution in [2.24, 2.45) is 5.92 Å². The van der Waals surface area contributed by atoms with Crippen LogP contribution in [0.15, 0.2) is 6.33 Å². The predicted molar refractivity (Wildman–Crippen MR) is 76.9 cm³/mol. The SMILES string of the molecule is CCCCOCCCNCc1ncnn1CC(C)C. The van der Waals surface area contributed by atoms with Crippen LogP contribution in [0, 0.1) is 5.92 Å². The second-order valence-corrected chi connectivity index (χ2v) is 5.25.